The number of amides is 1. The van der Waals surface area contributed by atoms with Crippen LogP contribution >= 0.6 is 11.8 Å². The van der Waals surface area contributed by atoms with Gasteiger partial charge < -0.3 is 18.9 Å². The van der Waals surface area contributed by atoms with E-state index in [9.17, 15) is 4.79 Å². The first-order chi connectivity index (χ1) is 16.5. The van der Waals surface area contributed by atoms with Crippen molar-refractivity contribution in [3.63, 3.8) is 0 Å². The minimum atomic E-state index is -0.466. The predicted molar refractivity (Wildman–Crippen MR) is 132 cm³/mol. The van der Waals surface area contributed by atoms with Crippen molar-refractivity contribution < 1.29 is 23.7 Å². The molecule has 34 heavy (non-hydrogen) atoms. The van der Waals surface area contributed by atoms with E-state index in [1.165, 1.54) is 16.8 Å². The number of nitrogens with zero attached hydrogens (tertiary/aromatic N) is 3. The summed E-state index contributed by atoms with van der Waals surface area (Å²) in [5.74, 6) is 2.06. The molecule has 1 amide bonds. The van der Waals surface area contributed by atoms with E-state index in [2.05, 4.69) is 10.1 Å². The number of thioether (sulfide) groups is 1. The molecule has 10 heteroatoms. The van der Waals surface area contributed by atoms with Gasteiger partial charge in [-0.3, -0.25) is 10.2 Å². The summed E-state index contributed by atoms with van der Waals surface area (Å²) in [5, 5.41) is 15.4. The van der Waals surface area contributed by atoms with Gasteiger partial charge in [-0.1, -0.05) is 13.0 Å². The SMILES string of the molecule is CCC1=NN2C(=N)/C(=C/c3ccc(OCCOc4ccc(OC)cc4)c(OC)c3)C(=O)N=C2S1. The zero-order valence-corrected chi connectivity index (χ0v) is 19.8. The van der Waals surface area contributed by atoms with E-state index >= 15 is 0 Å². The third-order valence-corrected chi connectivity index (χ3v) is 6.02. The Bertz CT molecular complexity index is 1190. The maximum Gasteiger partial charge on any atom is 0.283 e. The highest BCUT2D eigenvalue weighted by Gasteiger charge is 2.35. The Morgan fingerprint density at radius 2 is 1.74 bits per heavy atom. The molecule has 9 nitrogen and oxygen atoms in total. The van der Waals surface area contributed by atoms with Crippen LogP contribution in [0.1, 0.15) is 18.9 Å². The normalized spacial score (nSPS) is 16.2. The lowest BCUT2D eigenvalue weighted by Gasteiger charge is -2.20. The molecular weight excluding hydrogens is 456 g/mol. The summed E-state index contributed by atoms with van der Waals surface area (Å²) >= 11 is 1.31. The van der Waals surface area contributed by atoms with Gasteiger partial charge in [0, 0.05) is 0 Å². The van der Waals surface area contributed by atoms with Gasteiger partial charge in [-0.15, -0.1) is 0 Å². The van der Waals surface area contributed by atoms with E-state index in [0.29, 0.717) is 41.9 Å². The molecule has 0 spiro atoms. The highest BCUT2D eigenvalue weighted by Crippen LogP contribution is 2.32. The van der Waals surface area contributed by atoms with Crippen LogP contribution in [0, 0.1) is 5.41 Å². The fourth-order valence-electron chi connectivity index (χ4n) is 3.22. The number of hydrogen-bond donors (Lipinski definition) is 1. The summed E-state index contributed by atoms with van der Waals surface area (Å²) in [7, 11) is 3.16. The van der Waals surface area contributed by atoms with Crippen LogP contribution in [0.5, 0.6) is 23.0 Å². The van der Waals surface area contributed by atoms with E-state index in [4.69, 9.17) is 24.4 Å². The predicted octanol–water partition coefficient (Wildman–Crippen LogP) is 4.19. The van der Waals surface area contributed by atoms with Crippen molar-refractivity contribution in [1.29, 1.82) is 5.41 Å². The summed E-state index contributed by atoms with van der Waals surface area (Å²) in [4.78, 5) is 16.6. The molecule has 0 unspecified atom stereocenters. The Balaban J connectivity index is 1.41. The van der Waals surface area contributed by atoms with Gasteiger partial charge in [-0.25, -0.2) is 0 Å². The van der Waals surface area contributed by atoms with Crippen LogP contribution in [0.25, 0.3) is 6.08 Å². The molecule has 0 radical (unpaired) electrons. The molecule has 2 aliphatic heterocycles. The molecule has 1 N–H and O–H groups in total. The van der Waals surface area contributed by atoms with Crippen LogP contribution in [0.15, 0.2) is 58.1 Å². The minimum Gasteiger partial charge on any atom is -0.497 e. The lowest BCUT2D eigenvalue weighted by Crippen LogP contribution is -2.35. The summed E-state index contributed by atoms with van der Waals surface area (Å²) in [6.45, 7) is 2.63. The number of methoxy groups -OCH3 is 2. The fraction of sp³-hybridized carbons (Fsp3) is 0.250. The van der Waals surface area contributed by atoms with Crippen LogP contribution in [0.3, 0.4) is 0 Å². The molecule has 0 aromatic heterocycles. The zero-order valence-electron chi connectivity index (χ0n) is 19.0. The maximum absolute atomic E-state index is 12.5. The third-order valence-electron chi connectivity index (χ3n) is 4.97. The lowest BCUT2D eigenvalue weighted by atomic mass is 10.1. The zero-order chi connectivity index (χ0) is 24.1. The number of carbonyl (C=O) groups is 1. The molecule has 2 aliphatic rings. The number of ether oxygens (including phenoxy) is 4. The Hall–Kier alpha value is -3.79. The van der Waals surface area contributed by atoms with Gasteiger partial charge >= 0.3 is 0 Å². The number of benzene rings is 2. The van der Waals surface area contributed by atoms with Gasteiger partial charge in [-0.2, -0.15) is 15.1 Å². The smallest absolute Gasteiger partial charge is 0.283 e. The molecule has 0 fully saturated rings. The van der Waals surface area contributed by atoms with Crippen molar-refractivity contribution in [3.05, 3.63) is 53.6 Å². The Morgan fingerprint density at radius 1 is 1.00 bits per heavy atom. The van der Waals surface area contributed by atoms with Gasteiger partial charge in [0.05, 0.1) is 19.8 Å². The topological polar surface area (TPSA) is 106 Å². The molecule has 0 saturated carbocycles. The van der Waals surface area contributed by atoms with Crippen molar-refractivity contribution in [1.82, 2.24) is 5.01 Å². The molecule has 2 aromatic carbocycles. The van der Waals surface area contributed by atoms with Crippen LogP contribution < -0.4 is 18.9 Å². The first-order valence-electron chi connectivity index (χ1n) is 10.6. The van der Waals surface area contributed by atoms with Crippen LogP contribution in [0.2, 0.25) is 0 Å². The van der Waals surface area contributed by atoms with Crippen molar-refractivity contribution in [2.75, 3.05) is 27.4 Å². The number of amidine groups is 2. The quantitative estimate of drug-likeness (QED) is 0.424. The highest BCUT2D eigenvalue weighted by atomic mass is 32.2. The van der Waals surface area contributed by atoms with E-state index < -0.39 is 5.91 Å². The lowest BCUT2D eigenvalue weighted by molar-refractivity contribution is -0.114. The third kappa shape index (κ3) is 5.07. The largest absolute Gasteiger partial charge is 0.497 e. The summed E-state index contributed by atoms with van der Waals surface area (Å²) < 4.78 is 22.1. The summed E-state index contributed by atoms with van der Waals surface area (Å²) in [6.07, 6.45) is 2.32. The number of carbonyl (C=O) groups excluding carboxylic acids is 1. The average molecular weight is 481 g/mol. The number of rotatable bonds is 9. The van der Waals surface area contributed by atoms with Gasteiger partial charge in [0.2, 0.25) is 5.17 Å². The van der Waals surface area contributed by atoms with Gasteiger partial charge in [0.25, 0.3) is 5.91 Å². The van der Waals surface area contributed by atoms with E-state index in [1.807, 2.05) is 31.2 Å². The second-order valence-corrected chi connectivity index (χ2v) is 8.19. The second kappa shape index (κ2) is 10.4. The molecule has 2 aromatic rings. The molecule has 0 saturated heterocycles. The van der Waals surface area contributed by atoms with Crippen LogP contribution in [-0.4, -0.2) is 54.4 Å². The maximum atomic E-state index is 12.5. The van der Waals surface area contributed by atoms with E-state index in [0.717, 1.165) is 16.5 Å². The van der Waals surface area contributed by atoms with E-state index in [-0.39, 0.29) is 11.4 Å². The molecule has 176 valence electrons. The number of hydrogen-bond acceptors (Lipinski definition) is 8. The minimum absolute atomic E-state index is 0.000856. The van der Waals surface area contributed by atoms with Crippen molar-refractivity contribution in [2.45, 2.75) is 13.3 Å². The van der Waals surface area contributed by atoms with Gasteiger partial charge in [0.1, 0.15) is 29.8 Å². The molecule has 4 rings (SSSR count). The first kappa shape index (κ1) is 23.4. The number of hydrazone groups is 1. The van der Waals surface area contributed by atoms with Crippen LogP contribution in [0.4, 0.5) is 0 Å². The number of nitrogens with one attached hydrogen (secondary N) is 1. The fourth-order valence-corrected chi connectivity index (χ4v) is 4.04. The van der Waals surface area contributed by atoms with Gasteiger partial charge in [0.15, 0.2) is 17.3 Å². The standard InChI is InChI=1S/C24H24N4O5S/c1-4-21-27-28-22(25)18(23(29)26-24(28)34-21)13-15-5-10-19(20(14-15)31-3)33-12-11-32-17-8-6-16(30-2)7-9-17/h5-10,13-14,25H,4,11-12H2,1-3H3/b18-13-,25-22?. The van der Waals surface area contributed by atoms with E-state index in [1.54, 1.807) is 38.5 Å². The number of fused-ring (bicyclic) bond motifs is 1. The molecule has 2 heterocycles. The van der Waals surface area contributed by atoms with Crippen LogP contribution in [-0.2, 0) is 4.79 Å². The Morgan fingerprint density at radius 3 is 2.44 bits per heavy atom. The Kier molecular flexibility index (Phi) is 7.17. The monoisotopic (exact) mass is 480 g/mol. The van der Waals surface area contributed by atoms with Crippen molar-refractivity contribution in [2.24, 2.45) is 10.1 Å². The summed E-state index contributed by atoms with van der Waals surface area (Å²) in [6, 6.07) is 12.6. The molecule has 0 atom stereocenters. The molecular formula is C24H24N4O5S. The van der Waals surface area contributed by atoms with Crippen molar-refractivity contribution in [3.8, 4) is 23.0 Å². The molecule has 0 aliphatic carbocycles. The Labute approximate surface area is 201 Å². The van der Waals surface area contributed by atoms with Gasteiger partial charge in [-0.05, 0) is 66.2 Å². The second-order valence-electron chi connectivity index (χ2n) is 7.15. The van der Waals surface area contributed by atoms with Crippen molar-refractivity contribution >= 4 is 39.8 Å². The average Bonchev–Trinajstić information content (AvgIpc) is 3.28. The first-order valence-corrected chi connectivity index (χ1v) is 11.4. The highest BCUT2D eigenvalue weighted by molar-refractivity contribution is 8.26. The molecule has 0 bridgehead atoms. The summed E-state index contributed by atoms with van der Waals surface area (Å²) in [5.41, 5.74) is 0.839. The number of aliphatic imine (C=N–C) groups is 1.